The molecule has 0 spiro atoms. The molecule has 0 aromatic heterocycles. The predicted molar refractivity (Wildman–Crippen MR) is 101 cm³/mol. The summed E-state index contributed by atoms with van der Waals surface area (Å²) in [7, 11) is -3.61. The summed E-state index contributed by atoms with van der Waals surface area (Å²) in [5.74, 6) is 0.656. The SMILES string of the molecule is CCOc1ccc(S(=O)(=O)Nc2ccc(NC3CCCC3)cc2)cc1. The van der Waals surface area contributed by atoms with Crippen LogP contribution in [0.25, 0.3) is 0 Å². The maximum atomic E-state index is 12.5. The van der Waals surface area contributed by atoms with Gasteiger partial charge in [0.25, 0.3) is 10.0 Å². The van der Waals surface area contributed by atoms with E-state index < -0.39 is 10.0 Å². The molecular weight excluding hydrogens is 336 g/mol. The number of sulfonamides is 1. The van der Waals surface area contributed by atoms with Crippen LogP contribution in [0.3, 0.4) is 0 Å². The molecule has 2 aromatic carbocycles. The third-order valence-electron chi connectivity index (χ3n) is 4.31. The maximum Gasteiger partial charge on any atom is 0.261 e. The predicted octanol–water partition coefficient (Wildman–Crippen LogP) is 4.24. The summed E-state index contributed by atoms with van der Waals surface area (Å²) in [6, 6.07) is 14.3. The van der Waals surface area contributed by atoms with Crippen LogP contribution in [0.15, 0.2) is 53.4 Å². The Morgan fingerprint density at radius 2 is 1.56 bits per heavy atom. The zero-order chi connectivity index (χ0) is 17.7. The first-order valence-electron chi connectivity index (χ1n) is 8.69. The maximum absolute atomic E-state index is 12.5. The van der Waals surface area contributed by atoms with Gasteiger partial charge in [0.05, 0.1) is 11.5 Å². The van der Waals surface area contributed by atoms with Crippen LogP contribution in [0, 0.1) is 0 Å². The molecule has 2 aromatic rings. The monoisotopic (exact) mass is 360 g/mol. The van der Waals surface area contributed by atoms with Gasteiger partial charge in [0.15, 0.2) is 0 Å². The van der Waals surface area contributed by atoms with E-state index in [1.54, 1.807) is 36.4 Å². The minimum atomic E-state index is -3.61. The Kier molecular flexibility index (Phi) is 5.48. The number of hydrogen-bond donors (Lipinski definition) is 2. The largest absolute Gasteiger partial charge is 0.494 e. The zero-order valence-electron chi connectivity index (χ0n) is 14.4. The zero-order valence-corrected chi connectivity index (χ0v) is 15.2. The summed E-state index contributed by atoms with van der Waals surface area (Å²) in [5.41, 5.74) is 1.57. The van der Waals surface area contributed by atoms with E-state index in [9.17, 15) is 8.42 Å². The molecule has 3 rings (SSSR count). The van der Waals surface area contributed by atoms with Gasteiger partial charge in [-0.3, -0.25) is 4.72 Å². The second-order valence-electron chi connectivity index (χ2n) is 6.21. The van der Waals surface area contributed by atoms with Crippen molar-refractivity contribution in [3.05, 3.63) is 48.5 Å². The molecule has 25 heavy (non-hydrogen) atoms. The van der Waals surface area contributed by atoms with E-state index in [2.05, 4.69) is 10.0 Å². The molecular formula is C19H24N2O3S. The molecule has 1 aliphatic carbocycles. The van der Waals surface area contributed by atoms with E-state index in [1.807, 2.05) is 19.1 Å². The van der Waals surface area contributed by atoms with Gasteiger partial charge in [-0.2, -0.15) is 0 Å². The van der Waals surface area contributed by atoms with Crippen molar-refractivity contribution < 1.29 is 13.2 Å². The Morgan fingerprint density at radius 1 is 0.960 bits per heavy atom. The van der Waals surface area contributed by atoms with Crippen LogP contribution < -0.4 is 14.8 Å². The first-order valence-corrected chi connectivity index (χ1v) is 10.2. The highest BCUT2D eigenvalue weighted by atomic mass is 32.2. The highest BCUT2D eigenvalue weighted by Crippen LogP contribution is 2.24. The van der Waals surface area contributed by atoms with Crippen molar-refractivity contribution in [1.82, 2.24) is 0 Å². The Bertz CT molecular complexity index is 780. The first kappa shape index (κ1) is 17.6. The van der Waals surface area contributed by atoms with Gasteiger partial charge in [-0.25, -0.2) is 8.42 Å². The van der Waals surface area contributed by atoms with Crippen LogP contribution in [-0.2, 0) is 10.0 Å². The minimum Gasteiger partial charge on any atom is -0.494 e. The van der Waals surface area contributed by atoms with E-state index >= 15 is 0 Å². The lowest BCUT2D eigenvalue weighted by atomic mass is 10.2. The van der Waals surface area contributed by atoms with Gasteiger partial charge in [0, 0.05) is 17.4 Å². The molecule has 0 radical (unpaired) electrons. The number of ether oxygens (including phenoxy) is 1. The van der Waals surface area contributed by atoms with Gasteiger partial charge < -0.3 is 10.1 Å². The van der Waals surface area contributed by atoms with Crippen LogP contribution in [0.4, 0.5) is 11.4 Å². The molecule has 0 unspecified atom stereocenters. The Hall–Kier alpha value is -2.21. The van der Waals surface area contributed by atoms with Crippen LogP contribution in [-0.4, -0.2) is 21.1 Å². The highest BCUT2D eigenvalue weighted by molar-refractivity contribution is 7.92. The fraction of sp³-hybridized carbons (Fsp3) is 0.368. The number of rotatable bonds is 7. The molecule has 0 atom stereocenters. The van der Waals surface area contributed by atoms with Gasteiger partial charge in [-0.05, 0) is 68.3 Å². The average molecular weight is 360 g/mol. The number of hydrogen-bond acceptors (Lipinski definition) is 4. The van der Waals surface area contributed by atoms with Crippen LogP contribution in [0.1, 0.15) is 32.6 Å². The Balaban J connectivity index is 1.65. The summed E-state index contributed by atoms with van der Waals surface area (Å²) in [5, 5.41) is 3.49. The van der Waals surface area contributed by atoms with E-state index in [1.165, 1.54) is 25.7 Å². The van der Waals surface area contributed by atoms with Gasteiger partial charge in [0.2, 0.25) is 0 Å². The van der Waals surface area contributed by atoms with Crippen molar-refractivity contribution in [3.8, 4) is 5.75 Å². The van der Waals surface area contributed by atoms with E-state index in [4.69, 9.17) is 4.74 Å². The van der Waals surface area contributed by atoms with Crippen molar-refractivity contribution >= 4 is 21.4 Å². The second-order valence-corrected chi connectivity index (χ2v) is 7.90. The molecule has 1 fully saturated rings. The van der Waals surface area contributed by atoms with Crippen molar-refractivity contribution in [3.63, 3.8) is 0 Å². The van der Waals surface area contributed by atoms with Crippen LogP contribution in [0.2, 0.25) is 0 Å². The lowest BCUT2D eigenvalue weighted by Gasteiger charge is -2.14. The fourth-order valence-corrected chi connectivity index (χ4v) is 4.09. The molecule has 1 saturated carbocycles. The van der Waals surface area contributed by atoms with Gasteiger partial charge >= 0.3 is 0 Å². The van der Waals surface area contributed by atoms with Crippen molar-refractivity contribution in [1.29, 1.82) is 0 Å². The topological polar surface area (TPSA) is 67.4 Å². The van der Waals surface area contributed by atoms with E-state index in [0.717, 1.165) is 5.69 Å². The van der Waals surface area contributed by atoms with E-state index in [0.29, 0.717) is 24.1 Å². The summed E-state index contributed by atoms with van der Waals surface area (Å²) in [4.78, 5) is 0.212. The highest BCUT2D eigenvalue weighted by Gasteiger charge is 2.16. The third-order valence-corrected chi connectivity index (χ3v) is 5.71. The Labute approximate surface area is 149 Å². The lowest BCUT2D eigenvalue weighted by Crippen LogP contribution is -2.15. The van der Waals surface area contributed by atoms with Gasteiger partial charge in [0.1, 0.15) is 5.75 Å². The molecule has 0 bridgehead atoms. The molecule has 5 nitrogen and oxygen atoms in total. The summed E-state index contributed by atoms with van der Waals surface area (Å²) in [6.07, 6.45) is 4.95. The van der Waals surface area contributed by atoms with Crippen molar-refractivity contribution in [2.75, 3.05) is 16.6 Å². The molecule has 1 aliphatic rings. The van der Waals surface area contributed by atoms with Gasteiger partial charge in [-0.1, -0.05) is 12.8 Å². The number of benzene rings is 2. The molecule has 0 saturated heterocycles. The van der Waals surface area contributed by atoms with Crippen molar-refractivity contribution in [2.24, 2.45) is 0 Å². The smallest absolute Gasteiger partial charge is 0.261 e. The summed E-state index contributed by atoms with van der Waals surface area (Å²) < 4.78 is 32.9. The standard InChI is InChI=1S/C19H24N2O3S/c1-2-24-18-11-13-19(14-12-18)25(22,23)21-17-9-7-16(8-10-17)20-15-5-3-4-6-15/h7-15,20-21H,2-6H2,1H3. The molecule has 0 heterocycles. The minimum absolute atomic E-state index is 0.212. The normalized spacial score (nSPS) is 15.1. The molecule has 6 heteroatoms. The van der Waals surface area contributed by atoms with E-state index in [-0.39, 0.29) is 4.90 Å². The van der Waals surface area contributed by atoms with Crippen LogP contribution >= 0.6 is 0 Å². The fourth-order valence-electron chi connectivity index (χ4n) is 3.04. The average Bonchev–Trinajstić information content (AvgIpc) is 3.10. The summed E-state index contributed by atoms with van der Waals surface area (Å²) >= 11 is 0. The molecule has 134 valence electrons. The summed E-state index contributed by atoms with van der Waals surface area (Å²) in [6.45, 7) is 2.43. The Morgan fingerprint density at radius 3 is 2.16 bits per heavy atom. The second kappa shape index (κ2) is 7.78. The first-order chi connectivity index (χ1) is 12.1. The molecule has 0 amide bonds. The molecule has 2 N–H and O–H groups in total. The quantitative estimate of drug-likeness (QED) is 0.775. The molecule has 0 aliphatic heterocycles. The lowest BCUT2D eigenvalue weighted by molar-refractivity contribution is 0.340. The number of anilines is 2. The van der Waals surface area contributed by atoms with Crippen molar-refractivity contribution in [2.45, 2.75) is 43.5 Å². The van der Waals surface area contributed by atoms with Gasteiger partial charge in [-0.15, -0.1) is 0 Å². The van der Waals surface area contributed by atoms with Crippen LogP contribution in [0.5, 0.6) is 5.75 Å². The number of nitrogens with one attached hydrogen (secondary N) is 2. The third kappa shape index (κ3) is 4.66.